The molecule has 1 aromatic heterocycles. The summed E-state index contributed by atoms with van der Waals surface area (Å²) < 4.78 is 19.2. The zero-order valence-electron chi connectivity index (χ0n) is 59.3. The van der Waals surface area contributed by atoms with E-state index < -0.39 is 88.8 Å². The number of hydrogen-bond donors (Lipinski definition) is 4. The number of benzene rings is 6. The fourth-order valence-electron chi connectivity index (χ4n) is 14.6. The lowest BCUT2D eigenvalue weighted by atomic mass is 9.84. The van der Waals surface area contributed by atoms with Gasteiger partial charge in [0.25, 0.3) is 0 Å². The Hall–Kier alpha value is -9.33. The van der Waals surface area contributed by atoms with Crippen molar-refractivity contribution in [3.8, 4) is 11.1 Å². The Morgan fingerprint density at radius 2 is 1.32 bits per heavy atom. The molecule has 2 aliphatic carbocycles. The Morgan fingerprint density at radius 3 is 1.98 bits per heavy atom. The Kier molecular flexibility index (Phi) is 21.2. The molecular weight excluding hydrogens is 1250 g/mol. The highest BCUT2D eigenvalue weighted by Crippen LogP contribution is 2.45. The number of likely N-dealkylation sites (tertiary alicyclic amines) is 1. The van der Waals surface area contributed by atoms with E-state index in [4.69, 9.17) is 14.2 Å². The van der Waals surface area contributed by atoms with Crippen molar-refractivity contribution in [3.05, 3.63) is 202 Å². The van der Waals surface area contributed by atoms with Crippen molar-refractivity contribution in [2.75, 3.05) is 40.5 Å². The van der Waals surface area contributed by atoms with Crippen LogP contribution in [0.5, 0.6) is 0 Å². The number of hydrogen-bond acceptors (Lipinski definition) is 11. The second kappa shape index (κ2) is 29.6. The number of nitrogens with zero attached hydrogens (tertiary/aromatic N) is 5. The molecule has 522 valence electrons. The highest BCUT2D eigenvalue weighted by Gasteiger charge is 2.47. The number of amides is 7. The van der Waals surface area contributed by atoms with Crippen LogP contribution in [0.4, 0.5) is 14.4 Å². The van der Waals surface area contributed by atoms with Gasteiger partial charge in [-0.25, -0.2) is 14.4 Å². The maximum absolute atomic E-state index is 16.1. The van der Waals surface area contributed by atoms with Crippen LogP contribution in [0.3, 0.4) is 0 Å². The van der Waals surface area contributed by atoms with Gasteiger partial charge in [0.1, 0.15) is 30.3 Å². The normalized spacial score (nSPS) is 18.8. The summed E-state index contributed by atoms with van der Waals surface area (Å²) in [5, 5.41) is 13.4. The largest absolute Gasteiger partial charge is 0.449 e. The molecule has 0 saturated carbocycles. The number of aryl methyl sites for hydroxylation is 1. The fraction of sp³-hybridized carbons (Fsp3) is 0.438. The van der Waals surface area contributed by atoms with Gasteiger partial charge in [0.2, 0.25) is 23.6 Å². The molecule has 4 aliphatic rings. The smallest absolute Gasteiger partial charge is 0.410 e. The number of aromatic nitrogens is 1. The van der Waals surface area contributed by atoms with Gasteiger partial charge < -0.3 is 45.3 Å². The molecule has 0 unspecified atom stereocenters. The SMILES string of the molecule is COC[C@@H](c1ccccc1)N(Cc1ccc2c(ccn2C(=O)N[C@H]2C[C@@H](C(=O)N[C@@H]3CCCc4ccccc43)N(C(=O)[C@@H](NC(=O)[C@H](C)N(C)C(=O)OC(C)(C)C)C(C)(C)C)C2)c1)C(=O)[C@@H]1Cc2ccccc2CN1C[C@@H](NC(=O)OCC1c2ccccc2-c2ccccc21)C(C)(C)C. The Bertz CT molecular complexity index is 4070. The second-order valence-electron chi connectivity index (χ2n) is 30.3. The second-order valence-corrected chi connectivity index (χ2v) is 30.3. The van der Waals surface area contributed by atoms with Crippen molar-refractivity contribution >= 4 is 52.7 Å². The minimum Gasteiger partial charge on any atom is -0.449 e. The first-order valence-electron chi connectivity index (χ1n) is 34.8. The summed E-state index contributed by atoms with van der Waals surface area (Å²) in [6.45, 7) is 19.8. The number of nitrogens with one attached hydrogen (secondary N) is 4. The van der Waals surface area contributed by atoms with E-state index in [9.17, 15) is 24.0 Å². The summed E-state index contributed by atoms with van der Waals surface area (Å²) in [5.41, 5.74) is 9.06. The highest BCUT2D eigenvalue weighted by molar-refractivity contribution is 5.96. The van der Waals surface area contributed by atoms with Crippen LogP contribution in [0.25, 0.3) is 22.0 Å². The van der Waals surface area contributed by atoms with Crippen molar-refractivity contribution in [1.29, 1.82) is 0 Å². The summed E-state index contributed by atoms with van der Waals surface area (Å²) in [7, 11) is 3.10. The average molecular weight is 1340 g/mol. The molecule has 8 atom stereocenters. The molecule has 19 heteroatoms. The molecule has 6 aromatic carbocycles. The molecule has 1 saturated heterocycles. The molecule has 2 aliphatic heterocycles. The van der Waals surface area contributed by atoms with Crippen molar-refractivity contribution in [2.45, 2.75) is 174 Å². The van der Waals surface area contributed by atoms with E-state index in [2.05, 4.69) is 89.4 Å². The van der Waals surface area contributed by atoms with Gasteiger partial charge in [-0.2, -0.15) is 0 Å². The zero-order valence-corrected chi connectivity index (χ0v) is 59.3. The minimum absolute atomic E-state index is 0.0348. The molecule has 0 spiro atoms. The summed E-state index contributed by atoms with van der Waals surface area (Å²) in [4.78, 5) is 109. The van der Waals surface area contributed by atoms with Gasteiger partial charge in [-0.3, -0.25) is 33.5 Å². The Balaban J connectivity index is 0.837. The third-order valence-electron chi connectivity index (χ3n) is 20.2. The number of carbonyl (C=O) groups excluding carboxylic acids is 7. The minimum atomic E-state index is -1.14. The lowest BCUT2D eigenvalue weighted by molar-refractivity contribution is -0.144. The monoisotopic (exact) mass is 1340 g/mol. The van der Waals surface area contributed by atoms with Crippen LogP contribution in [-0.4, -0.2) is 148 Å². The summed E-state index contributed by atoms with van der Waals surface area (Å²) >= 11 is 0. The zero-order chi connectivity index (χ0) is 70.7. The lowest BCUT2D eigenvalue weighted by Crippen LogP contribution is -2.60. The van der Waals surface area contributed by atoms with Crippen LogP contribution in [0.1, 0.15) is 151 Å². The number of ether oxygens (including phenoxy) is 3. The number of rotatable bonds is 19. The molecule has 11 rings (SSSR count). The van der Waals surface area contributed by atoms with E-state index in [-0.39, 0.29) is 56.5 Å². The fourth-order valence-corrected chi connectivity index (χ4v) is 14.6. The van der Waals surface area contributed by atoms with E-state index in [1.54, 1.807) is 41.0 Å². The van der Waals surface area contributed by atoms with Crippen molar-refractivity contribution in [2.24, 2.45) is 10.8 Å². The van der Waals surface area contributed by atoms with E-state index in [1.165, 1.54) is 21.4 Å². The molecule has 3 heterocycles. The summed E-state index contributed by atoms with van der Waals surface area (Å²) in [6, 6.07) is 44.1. The van der Waals surface area contributed by atoms with Gasteiger partial charge in [-0.05, 0) is 144 Å². The quantitative estimate of drug-likeness (QED) is 0.0598. The summed E-state index contributed by atoms with van der Waals surface area (Å²) in [6.07, 6.45) is 3.45. The summed E-state index contributed by atoms with van der Waals surface area (Å²) in [5.74, 6) is -1.69. The lowest BCUT2D eigenvalue weighted by Gasteiger charge is -2.44. The van der Waals surface area contributed by atoms with Gasteiger partial charge in [0.15, 0.2) is 0 Å². The van der Waals surface area contributed by atoms with Crippen LogP contribution in [0.2, 0.25) is 0 Å². The van der Waals surface area contributed by atoms with E-state index in [0.29, 0.717) is 31.4 Å². The molecule has 0 radical (unpaired) electrons. The Labute approximate surface area is 582 Å². The van der Waals surface area contributed by atoms with E-state index in [1.807, 2.05) is 135 Å². The van der Waals surface area contributed by atoms with Crippen molar-refractivity contribution < 1.29 is 47.8 Å². The molecular formula is C80H97N9O10. The van der Waals surface area contributed by atoms with Gasteiger partial charge in [-0.15, -0.1) is 0 Å². The average Bonchev–Trinajstić information content (AvgIpc) is 1.72. The standard InChI is InChI=1S/C80H97N9O10/c1-50(85(11)77(96)99-80(8,9)10)71(90)84-70(79(5,6)7)74(93)89-46-57(43-66(89)72(91)82-64-36-24-30-52-25-18-19-31-58(52)64)81-75(94)87-40-39-55-41-51(37-38-65(55)87)44-88(68(49-97-12)53-26-14-13-15-27-53)73(92)67-42-54-28-16-17-29-56(54)45-86(67)47-69(78(2,3)4)83-76(95)98-48-63-61-34-22-20-32-59(61)60-33-21-23-35-62(60)63/h13-23,25-29,31-35,37-41,50,57,63-64,66-70H,24,30,36,42-49H2,1-12H3,(H,81,94)(H,82,91)(H,83,95)(H,84,90)/t50-,57-,64+,66-,67-,68-,69+,70+/m0/s1. The molecule has 7 aromatic rings. The van der Waals surface area contributed by atoms with Crippen LogP contribution in [0, 0.1) is 10.8 Å². The van der Waals surface area contributed by atoms with Gasteiger partial charge in [0, 0.05) is 63.9 Å². The first-order chi connectivity index (χ1) is 47.1. The molecule has 4 N–H and O–H groups in total. The van der Waals surface area contributed by atoms with Crippen LogP contribution in [0.15, 0.2) is 158 Å². The maximum atomic E-state index is 16.1. The van der Waals surface area contributed by atoms with Crippen LogP contribution < -0.4 is 21.3 Å². The first kappa shape index (κ1) is 71.0. The van der Waals surface area contributed by atoms with Gasteiger partial charge in [-0.1, -0.05) is 175 Å². The van der Waals surface area contributed by atoms with Crippen LogP contribution >= 0.6 is 0 Å². The highest BCUT2D eigenvalue weighted by atomic mass is 16.6. The topological polar surface area (TPSA) is 213 Å². The molecule has 1 fully saturated rings. The molecule has 0 bridgehead atoms. The van der Waals surface area contributed by atoms with Gasteiger partial charge in [0.05, 0.1) is 36.3 Å². The number of methoxy groups -OCH3 is 1. The first-order valence-corrected chi connectivity index (χ1v) is 34.8. The third-order valence-corrected chi connectivity index (χ3v) is 20.2. The Morgan fingerprint density at radius 1 is 0.687 bits per heavy atom. The predicted octanol–water partition coefficient (Wildman–Crippen LogP) is 12.2. The van der Waals surface area contributed by atoms with Gasteiger partial charge >= 0.3 is 18.2 Å². The van der Waals surface area contributed by atoms with E-state index >= 15 is 9.59 Å². The van der Waals surface area contributed by atoms with Crippen molar-refractivity contribution in [1.82, 2.24) is 45.4 Å². The van der Waals surface area contributed by atoms with Crippen molar-refractivity contribution in [3.63, 3.8) is 0 Å². The predicted molar refractivity (Wildman–Crippen MR) is 382 cm³/mol. The number of likely N-dealkylation sites (N-methyl/N-ethyl adjacent to an activating group) is 1. The van der Waals surface area contributed by atoms with Crippen LogP contribution in [-0.2, 0) is 59.3 Å². The number of alkyl carbamates (subject to hydrolysis) is 1. The molecule has 7 amide bonds. The third kappa shape index (κ3) is 16.1. The maximum Gasteiger partial charge on any atom is 0.410 e. The molecule has 99 heavy (non-hydrogen) atoms. The number of carbonyl (C=O) groups is 7. The van der Waals surface area contributed by atoms with E-state index in [0.717, 1.165) is 73.9 Å². The molecule has 19 nitrogen and oxygen atoms in total. The number of fused-ring (bicyclic) bond motifs is 6.